The average molecular weight is 297 g/mol. The van der Waals surface area contributed by atoms with Crippen LogP contribution in [0, 0.1) is 11.6 Å². The SMILES string of the molecule is C[C@@H](N)C(=O)NC1CCN(Cc2ccc(F)c(F)c2)CC1. The molecule has 4 nitrogen and oxygen atoms in total. The maximum atomic E-state index is 13.2. The van der Waals surface area contributed by atoms with Crippen LogP contribution in [0.5, 0.6) is 0 Å². The van der Waals surface area contributed by atoms with Crippen LogP contribution in [0.2, 0.25) is 0 Å². The van der Waals surface area contributed by atoms with Gasteiger partial charge in [-0.15, -0.1) is 0 Å². The van der Waals surface area contributed by atoms with E-state index in [1.807, 2.05) is 0 Å². The summed E-state index contributed by atoms with van der Waals surface area (Å²) in [5.41, 5.74) is 6.28. The molecular weight excluding hydrogens is 276 g/mol. The zero-order chi connectivity index (χ0) is 15.4. The summed E-state index contributed by atoms with van der Waals surface area (Å²) in [5, 5.41) is 2.92. The average Bonchev–Trinajstić information content (AvgIpc) is 2.45. The van der Waals surface area contributed by atoms with E-state index in [-0.39, 0.29) is 11.9 Å². The molecule has 116 valence electrons. The second-order valence-electron chi connectivity index (χ2n) is 5.60. The summed E-state index contributed by atoms with van der Waals surface area (Å²) in [4.78, 5) is 13.7. The fourth-order valence-corrected chi connectivity index (χ4v) is 2.46. The summed E-state index contributed by atoms with van der Waals surface area (Å²) >= 11 is 0. The Bertz CT molecular complexity index is 500. The maximum Gasteiger partial charge on any atom is 0.236 e. The Balaban J connectivity index is 1.81. The molecule has 0 spiro atoms. The molecule has 3 N–H and O–H groups in total. The number of carbonyl (C=O) groups excluding carboxylic acids is 1. The Kier molecular flexibility index (Phi) is 5.25. The van der Waals surface area contributed by atoms with Crippen LogP contribution in [0.4, 0.5) is 8.78 Å². The van der Waals surface area contributed by atoms with Gasteiger partial charge in [0.25, 0.3) is 0 Å². The van der Waals surface area contributed by atoms with Crippen LogP contribution in [-0.2, 0) is 11.3 Å². The van der Waals surface area contributed by atoms with Crippen LogP contribution in [0.1, 0.15) is 25.3 Å². The zero-order valence-corrected chi connectivity index (χ0v) is 12.1. The number of likely N-dealkylation sites (tertiary alicyclic amines) is 1. The van der Waals surface area contributed by atoms with E-state index in [2.05, 4.69) is 10.2 Å². The molecule has 0 saturated carbocycles. The molecule has 1 atom stereocenters. The van der Waals surface area contributed by atoms with Crippen molar-refractivity contribution in [3.05, 3.63) is 35.4 Å². The van der Waals surface area contributed by atoms with Gasteiger partial charge in [-0.05, 0) is 37.5 Å². The molecule has 21 heavy (non-hydrogen) atoms. The van der Waals surface area contributed by atoms with E-state index < -0.39 is 17.7 Å². The van der Waals surface area contributed by atoms with Crippen LogP contribution in [0.3, 0.4) is 0 Å². The number of carbonyl (C=O) groups is 1. The van der Waals surface area contributed by atoms with Crippen molar-refractivity contribution in [1.29, 1.82) is 0 Å². The Morgan fingerprint density at radius 2 is 2.05 bits per heavy atom. The lowest BCUT2D eigenvalue weighted by molar-refractivity contribution is -0.123. The number of hydrogen-bond donors (Lipinski definition) is 2. The fraction of sp³-hybridized carbons (Fsp3) is 0.533. The van der Waals surface area contributed by atoms with Crippen molar-refractivity contribution in [2.45, 2.75) is 38.4 Å². The molecule has 1 aromatic rings. The highest BCUT2D eigenvalue weighted by molar-refractivity contribution is 5.81. The lowest BCUT2D eigenvalue weighted by atomic mass is 10.0. The smallest absolute Gasteiger partial charge is 0.236 e. The van der Waals surface area contributed by atoms with Crippen LogP contribution in [0.15, 0.2) is 18.2 Å². The summed E-state index contributed by atoms with van der Waals surface area (Å²) in [6.07, 6.45) is 1.67. The molecule has 1 fully saturated rings. The minimum atomic E-state index is -0.823. The maximum absolute atomic E-state index is 13.2. The first-order valence-electron chi connectivity index (χ1n) is 7.18. The van der Waals surface area contributed by atoms with Crippen molar-refractivity contribution in [2.24, 2.45) is 5.73 Å². The first-order valence-corrected chi connectivity index (χ1v) is 7.18. The molecule has 0 aromatic heterocycles. The third-order valence-corrected chi connectivity index (χ3v) is 3.74. The second-order valence-corrected chi connectivity index (χ2v) is 5.60. The number of nitrogens with one attached hydrogen (secondary N) is 1. The summed E-state index contributed by atoms with van der Waals surface area (Å²) in [6.45, 7) is 3.87. The number of nitrogens with two attached hydrogens (primary N) is 1. The molecule has 0 unspecified atom stereocenters. The van der Waals surface area contributed by atoms with Crippen LogP contribution in [-0.4, -0.2) is 36.0 Å². The van der Waals surface area contributed by atoms with E-state index in [9.17, 15) is 13.6 Å². The van der Waals surface area contributed by atoms with Crippen molar-refractivity contribution in [1.82, 2.24) is 10.2 Å². The van der Waals surface area contributed by atoms with Gasteiger partial charge in [0.1, 0.15) is 0 Å². The highest BCUT2D eigenvalue weighted by Gasteiger charge is 2.21. The molecule has 2 rings (SSSR count). The quantitative estimate of drug-likeness (QED) is 0.883. The monoisotopic (exact) mass is 297 g/mol. The van der Waals surface area contributed by atoms with E-state index in [1.54, 1.807) is 13.0 Å². The fourth-order valence-electron chi connectivity index (χ4n) is 2.46. The highest BCUT2D eigenvalue weighted by Crippen LogP contribution is 2.15. The molecular formula is C15H21F2N3O. The van der Waals surface area contributed by atoms with Crippen molar-refractivity contribution in [3.63, 3.8) is 0 Å². The topological polar surface area (TPSA) is 58.4 Å². The third-order valence-electron chi connectivity index (χ3n) is 3.74. The molecule has 1 aromatic carbocycles. The van der Waals surface area contributed by atoms with Crippen LogP contribution < -0.4 is 11.1 Å². The molecule has 0 radical (unpaired) electrons. The van der Waals surface area contributed by atoms with Gasteiger partial charge in [-0.25, -0.2) is 8.78 Å². The van der Waals surface area contributed by atoms with Crippen LogP contribution >= 0.6 is 0 Å². The molecule has 1 aliphatic rings. The third kappa shape index (κ3) is 4.47. The molecule has 6 heteroatoms. The van der Waals surface area contributed by atoms with Gasteiger partial charge in [-0.3, -0.25) is 9.69 Å². The predicted octanol–water partition coefficient (Wildman–Crippen LogP) is 1.39. The number of halogens is 2. The van der Waals surface area contributed by atoms with E-state index >= 15 is 0 Å². The van der Waals surface area contributed by atoms with Crippen LogP contribution in [0.25, 0.3) is 0 Å². The van der Waals surface area contributed by atoms with Gasteiger partial charge < -0.3 is 11.1 Å². The van der Waals surface area contributed by atoms with Crippen molar-refractivity contribution >= 4 is 5.91 Å². The summed E-state index contributed by atoms with van der Waals surface area (Å²) in [5.74, 6) is -1.77. The van der Waals surface area contributed by atoms with E-state index in [0.29, 0.717) is 6.54 Å². The van der Waals surface area contributed by atoms with Gasteiger partial charge in [0, 0.05) is 25.7 Å². The lowest BCUT2D eigenvalue weighted by Crippen LogP contribution is -2.48. The van der Waals surface area contributed by atoms with Crippen molar-refractivity contribution in [3.8, 4) is 0 Å². The first kappa shape index (κ1) is 15.9. The molecule has 1 heterocycles. The summed E-state index contributed by atoms with van der Waals surface area (Å²) in [7, 11) is 0. The minimum absolute atomic E-state index is 0.131. The Morgan fingerprint density at radius 3 is 2.62 bits per heavy atom. The number of nitrogens with zero attached hydrogens (tertiary/aromatic N) is 1. The van der Waals surface area contributed by atoms with E-state index in [0.717, 1.165) is 37.6 Å². The normalized spacial score (nSPS) is 18.5. The molecule has 1 amide bonds. The molecule has 0 aliphatic carbocycles. The number of amides is 1. The number of benzene rings is 1. The lowest BCUT2D eigenvalue weighted by Gasteiger charge is -2.32. The van der Waals surface area contributed by atoms with Gasteiger partial charge in [-0.2, -0.15) is 0 Å². The molecule has 0 bridgehead atoms. The van der Waals surface area contributed by atoms with E-state index in [4.69, 9.17) is 5.73 Å². The summed E-state index contributed by atoms with van der Waals surface area (Å²) < 4.78 is 26.0. The number of hydrogen-bond acceptors (Lipinski definition) is 3. The summed E-state index contributed by atoms with van der Waals surface area (Å²) in [6, 6.07) is 3.64. The molecule has 1 aliphatic heterocycles. The van der Waals surface area contributed by atoms with Crippen molar-refractivity contribution < 1.29 is 13.6 Å². The molecule has 1 saturated heterocycles. The largest absolute Gasteiger partial charge is 0.352 e. The van der Waals surface area contributed by atoms with E-state index in [1.165, 1.54) is 6.07 Å². The number of piperidine rings is 1. The van der Waals surface area contributed by atoms with Gasteiger partial charge in [-0.1, -0.05) is 6.07 Å². The van der Waals surface area contributed by atoms with Crippen molar-refractivity contribution in [2.75, 3.05) is 13.1 Å². The highest BCUT2D eigenvalue weighted by atomic mass is 19.2. The van der Waals surface area contributed by atoms with Gasteiger partial charge >= 0.3 is 0 Å². The second kappa shape index (κ2) is 6.95. The zero-order valence-electron chi connectivity index (χ0n) is 12.1. The Morgan fingerprint density at radius 1 is 1.38 bits per heavy atom. The van der Waals surface area contributed by atoms with Gasteiger partial charge in [0.2, 0.25) is 5.91 Å². The number of rotatable bonds is 4. The predicted molar refractivity (Wildman–Crippen MR) is 76.4 cm³/mol. The Hall–Kier alpha value is -1.53. The standard InChI is InChI=1S/C15H21F2N3O/c1-10(18)15(21)19-12-4-6-20(7-5-12)9-11-2-3-13(16)14(17)8-11/h2-3,8,10,12H,4-7,9,18H2,1H3,(H,19,21)/t10-/m1/s1. The first-order chi connectivity index (χ1) is 9.95. The minimum Gasteiger partial charge on any atom is -0.352 e. The van der Waals surface area contributed by atoms with Gasteiger partial charge in [0.05, 0.1) is 6.04 Å². The van der Waals surface area contributed by atoms with Gasteiger partial charge in [0.15, 0.2) is 11.6 Å². The Labute approximate surface area is 123 Å².